The van der Waals surface area contributed by atoms with Crippen molar-refractivity contribution in [3.8, 4) is 45.1 Å². The minimum Gasteiger partial charge on any atom is -0.456 e. The smallest absolute Gasteiger partial charge is 0.152 e. The number of aromatic nitrogens is 2. The molecule has 3 aromatic heterocycles. The molecule has 1 aliphatic rings. The van der Waals surface area contributed by atoms with Crippen LogP contribution in [-0.4, -0.2) is 9.13 Å². The van der Waals surface area contributed by atoms with E-state index in [1.807, 2.05) is 24.3 Å². The van der Waals surface area contributed by atoms with Crippen LogP contribution in [0.3, 0.4) is 0 Å². The predicted octanol–water partition coefficient (Wildman–Crippen LogP) is 13.2. The van der Waals surface area contributed by atoms with Gasteiger partial charge in [0.2, 0.25) is 0 Å². The van der Waals surface area contributed by atoms with Crippen molar-refractivity contribution >= 4 is 65.6 Å². The summed E-state index contributed by atoms with van der Waals surface area (Å²) in [5.74, 6) is 1.76. The highest BCUT2D eigenvalue weighted by Gasteiger charge is 2.25. The molecule has 11 aromatic rings. The Labute approximate surface area is 297 Å². The van der Waals surface area contributed by atoms with Gasteiger partial charge in [-0.2, -0.15) is 0 Å². The number of nitrogens with zero attached hydrogens (tertiary/aromatic N) is 2. The van der Waals surface area contributed by atoms with Crippen LogP contribution < -0.4 is 4.74 Å². The SMILES string of the molecule is c1ccc2c(c1)Oc1cccc3c4c(-c5ccc(-n6c7ccccc7c7cc(-c8ccc9oc%10ccccc%10c9c8)ccc76)cc5)cccc4n-2c13. The van der Waals surface area contributed by atoms with Crippen molar-refractivity contribution in [2.75, 3.05) is 0 Å². The van der Waals surface area contributed by atoms with Gasteiger partial charge in [0.05, 0.1) is 27.8 Å². The first-order valence-electron chi connectivity index (χ1n) is 17.7. The number of hydrogen-bond donors (Lipinski definition) is 0. The van der Waals surface area contributed by atoms with Gasteiger partial charge < -0.3 is 18.3 Å². The Bertz CT molecular complexity index is 3270. The lowest BCUT2D eigenvalue weighted by molar-refractivity contribution is 0.476. The maximum absolute atomic E-state index is 6.39. The zero-order valence-electron chi connectivity index (χ0n) is 27.9. The minimum atomic E-state index is 0.876. The molecule has 8 aromatic carbocycles. The van der Waals surface area contributed by atoms with Gasteiger partial charge in [0.1, 0.15) is 11.2 Å². The molecule has 4 heteroatoms. The maximum Gasteiger partial charge on any atom is 0.152 e. The van der Waals surface area contributed by atoms with Crippen LogP contribution in [0.5, 0.6) is 11.5 Å². The molecule has 0 amide bonds. The molecule has 0 saturated carbocycles. The van der Waals surface area contributed by atoms with Crippen molar-refractivity contribution in [2.45, 2.75) is 0 Å². The summed E-state index contributed by atoms with van der Waals surface area (Å²) in [6.45, 7) is 0. The van der Waals surface area contributed by atoms with Gasteiger partial charge in [0.25, 0.3) is 0 Å². The van der Waals surface area contributed by atoms with Gasteiger partial charge in [0, 0.05) is 38.0 Å². The van der Waals surface area contributed by atoms with Crippen molar-refractivity contribution in [1.29, 1.82) is 0 Å². The summed E-state index contributed by atoms with van der Waals surface area (Å²) < 4.78 is 17.3. The summed E-state index contributed by atoms with van der Waals surface area (Å²) in [5, 5.41) is 7.18. The van der Waals surface area contributed by atoms with E-state index >= 15 is 0 Å². The van der Waals surface area contributed by atoms with Gasteiger partial charge in [-0.3, -0.25) is 0 Å². The number of hydrogen-bond acceptors (Lipinski definition) is 2. The quantitative estimate of drug-likeness (QED) is 0.188. The average molecular weight is 665 g/mol. The van der Waals surface area contributed by atoms with Crippen molar-refractivity contribution in [1.82, 2.24) is 9.13 Å². The molecule has 0 radical (unpaired) electrons. The molecule has 0 fully saturated rings. The molecule has 0 atom stereocenters. The van der Waals surface area contributed by atoms with Crippen LogP contribution in [0.1, 0.15) is 0 Å². The molecule has 242 valence electrons. The van der Waals surface area contributed by atoms with E-state index in [4.69, 9.17) is 9.15 Å². The molecule has 1 aliphatic heterocycles. The second-order valence-electron chi connectivity index (χ2n) is 13.7. The van der Waals surface area contributed by atoms with Crippen LogP contribution >= 0.6 is 0 Å². The summed E-state index contributed by atoms with van der Waals surface area (Å²) in [4.78, 5) is 0. The first kappa shape index (κ1) is 27.7. The Morgan fingerprint density at radius 1 is 0.385 bits per heavy atom. The van der Waals surface area contributed by atoms with Gasteiger partial charge in [-0.15, -0.1) is 0 Å². The molecule has 0 aliphatic carbocycles. The lowest BCUT2D eigenvalue weighted by Gasteiger charge is -2.20. The zero-order valence-corrected chi connectivity index (χ0v) is 27.9. The van der Waals surface area contributed by atoms with Gasteiger partial charge in [0.15, 0.2) is 11.5 Å². The van der Waals surface area contributed by atoms with Crippen molar-refractivity contribution in [2.24, 2.45) is 0 Å². The number of para-hydroxylation sites is 5. The molecule has 4 nitrogen and oxygen atoms in total. The van der Waals surface area contributed by atoms with Crippen LogP contribution in [0.4, 0.5) is 0 Å². The fourth-order valence-corrected chi connectivity index (χ4v) is 8.63. The Morgan fingerprint density at radius 2 is 1.04 bits per heavy atom. The van der Waals surface area contributed by atoms with E-state index in [2.05, 4.69) is 155 Å². The lowest BCUT2D eigenvalue weighted by atomic mass is 9.99. The fraction of sp³-hybridized carbons (Fsp3) is 0. The van der Waals surface area contributed by atoms with Crippen LogP contribution in [0.25, 0.3) is 99.2 Å². The summed E-state index contributed by atoms with van der Waals surface area (Å²) in [6.07, 6.45) is 0. The molecule has 0 spiro atoms. The number of benzene rings is 8. The Morgan fingerprint density at radius 3 is 1.96 bits per heavy atom. The first-order chi connectivity index (χ1) is 25.8. The van der Waals surface area contributed by atoms with E-state index in [0.29, 0.717) is 0 Å². The third-order valence-corrected chi connectivity index (χ3v) is 10.9. The average Bonchev–Trinajstić information content (AvgIpc) is 3.86. The third kappa shape index (κ3) is 3.75. The van der Waals surface area contributed by atoms with E-state index < -0.39 is 0 Å². The highest BCUT2D eigenvalue weighted by Crippen LogP contribution is 2.47. The minimum absolute atomic E-state index is 0.876. The van der Waals surface area contributed by atoms with Gasteiger partial charge >= 0.3 is 0 Å². The molecule has 0 unspecified atom stereocenters. The lowest BCUT2D eigenvalue weighted by Crippen LogP contribution is -2.03. The van der Waals surface area contributed by atoms with E-state index in [1.54, 1.807) is 0 Å². The highest BCUT2D eigenvalue weighted by molar-refractivity contribution is 6.18. The van der Waals surface area contributed by atoms with Gasteiger partial charge in [-0.05, 0) is 95.1 Å². The summed E-state index contributed by atoms with van der Waals surface area (Å²) >= 11 is 0. The second kappa shape index (κ2) is 10.3. The summed E-state index contributed by atoms with van der Waals surface area (Å²) in [7, 11) is 0. The van der Waals surface area contributed by atoms with Crippen molar-refractivity contribution < 1.29 is 9.15 Å². The molecule has 0 saturated heterocycles. The molecular weight excluding hydrogens is 637 g/mol. The molecule has 0 bridgehead atoms. The molecule has 4 heterocycles. The zero-order chi connectivity index (χ0) is 33.9. The fourth-order valence-electron chi connectivity index (χ4n) is 8.63. The van der Waals surface area contributed by atoms with Crippen LogP contribution in [0.15, 0.2) is 174 Å². The van der Waals surface area contributed by atoms with Crippen LogP contribution in [-0.2, 0) is 0 Å². The molecule has 0 N–H and O–H groups in total. The predicted molar refractivity (Wildman–Crippen MR) is 213 cm³/mol. The molecule has 52 heavy (non-hydrogen) atoms. The number of ether oxygens (including phenoxy) is 1. The number of fused-ring (bicyclic) bond motifs is 11. The Hall–Kier alpha value is -7.04. The number of furan rings is 1. The summed E-state index contributed by atoms with van der Waals surface area (Å²) in [6, 6.07) is 60.7. The Kier molecular flexibility index (Phi) is 5.47. The molecule has 12 rings (SSSR count). The van der Waals surface area contributed by atoms with Crippen LogP contribution in [0, 0.1) is 0 Å². The second-order valence-corrected chi connectivity index (χ2v) is 13.7. The monoisotopic (exact) mass is 664 g/mol. The normalized spacial score (nSPS) is 12.4. The van der Waals surface area contributed by atoms with Crippen molar-refractivity contribution in [3.05, 3.63) is 170 Å². The highest BCUT2D eigenvalue weighted by atomic mass is 16.5. The van der Waals surface area contributed by atoms with E-state index in [0.717, 1.165) is 50.3 Å². The van der Waals surface area contributed by atoms with Gasteiger partial charge in [-0.1, -0.05) is 97.1 Å². The Balaban J connectivity index is 0.998. The molecular formula is C48H28N2O2. The van der Waals surface area contributed by atoms with Gasteiger partial charge in [-0.25, -0.2) is 0 Å². The largest absolute Gasteiger partial charge is 0.456 e. The van der Waals surface area contributed by atoms with Crippen molar-refractivity contribution in [3.63, 3.8) is 0 Å². The van der Waals surface area contributed by atoms with E-state index in [1.165, 1.54) is 60.3 Å². The van der Waals surface area contributed by atoms with Crippen LogP contribution in [0.2, 0.25) is 0 Å². The van der Waals surface area contributed by atoms with E-state index in [9.17, 15) is 0 Å². The first-order valence-corrected chi connectivity index (χ1v) is 17.7. The topological polar surface area (TPSA) is 32.2 Å². The van der Waals surface area contributed by atoms with E-state index in [-0.39, 0.29) is 0 Å². The number of rotatable bonds is 3. The standard InChI is InChI=1S/C48H28N2O2/c1-3-13-39-34(9-1)37-27-30(31-22-26-44-38(28-31)35-10-2-5-16-43(35)51-44)21-25-40(37)49(39)32-23-19-29(20-24-32)33-11-7-15-42-47(33)36-12-8-18-46-48(36)50(42)41-14-4-6-17-45(41)52-46/h1-28H. The summed E-state index contributed by atoms with van der Waals surface area (Å²) in [5.41, 5.74) is 13.4. The maximum atomic E-state index is 6.39. The third-order valence-electron chi connectivity index (χ3n) is 10.9.